The smallest absolute Gasteiger partial charge is 0.257 e. The van der Waals surface area contributed by atoms with Crippen molar-refractivity contribution in [3.05, 3.63) is 47.9 Å². The standard InChI is InChI=1S/C17H22N2O4/c1-3-19-17(20)12-23-15-7-6-13(9-16(15)21-2)10-18-11-14-5-4-8-22-14/h4-9,18H,3,10-12H2,1-2H3,(H,19,20). The van der Waals surface area contributed by atoms with Crippen molar-refractivity contribution < 1.29 is 18.7 Å². The zero-order valence-corrected chi connectivity index (χ0v) is 13.4. The minimum atomic E-state index is -0.154. The molecule has 0 atom stereocenters. The number of nitrogens with one attached hydrogen (secondary N) is 2. The quantitative estimate of drug-likeness (QED) is 0.741. The lowest BCUT2D eigenvalue weighted by Crippen LogP contribution is -2.28. The van der Waals surface area contributed by atoms with Crippen molar-refractivity contribution >= 4 is 5.91 Å². The first-order valence-electron chi connectivity index (χ1n) is 7.52. The molecule has 23 heavy (non-hydrogen) atoms. The topological polar surface area (TPSA) is 72.7 Å². The molecule has 1 heterocycles. The SMILES string of the molecule is CCNC(=O)COc1ccc(CNCc2ccco2)cc1OC. The van der Waals surface area contributed by atoms with Gasteiger partial charge in [0.15, 0.2) is 18.1 Å². The van der Waals surface area contributed by atoms with E-state index in [-0.39, 0.29) is 12.5 Å². The fourth-order valence-corrected chi connectivity index (χ4v) is 2.08. The molecule has 124 valence electrons. The van der Waals surface area contributed by atoms with Crippen LogP contribution in [0.3, 0.4) is 0 Å². The van der Waals surface area contributed by atoms with Crippen molar-refractivity contribution in [2.75, 3.05) is 20.3 Å². The van der Waals surface area contributed by atoms with Crippen LogP contribution in [0.1, 0.15) is 18.2 Å². The molecule has 2 N–H and O–H groups in total. The van der Waals surface area contributed by atoms with E-state index in [4.69, 9.17) is 13.9 Å². The van der Waals surface area contributed by atoms with E-state index in [9.17, 15) is 4.79 Å². The van der Waals surface area contributed by atoms with Crippen LogP contribution in [-0.2, 0) is 17.9 Å². The fourth-order valence-electron chi connectivity index (χ4n) is 2.08. The Kier molecular flexibility index (Phi) is 6.50. The summed E-state index contributed by atoms with van der Waals surface area (Å²) in [6.45, 7) is 3.75. The third-order valence-electron chi connectivity index (χ3n) is 3.17. The molecule has 0 aliphatic heterocycles. The highest BCUT2D eigenvalue weighted by atomic mass is 16.5. The summed E-state index contributed by atoms with van der Waals surface area (Å²) >= 11 is 0. The summed E-state index contributed by atoms with van der Waals surface area (Å²) in [6, 6.07) is 9.42. The maximum Gasteiger partial charge on any atom is 0.257 e. The zero-order chi connectivity index (χ0) is 16.5. The summed E-state index contributed by atoms with van der Waals surface area (Å²) in [5, 5.41) is 5.97. The van der Waals surface area contributed by atoms with E-state index in [2.05, 4.69) is 10.6 Å². The molecule has 6 nitrogen and oxygen atoms in total. The van der Waals surface area contributed by atoms with Crippen molar-refractivity contribution in [3.8, 4) is 11.5 Å². The molecule has 6 heteroatoms. The van der Waals surface area contributed by atoms with Gasteiger partial charge in [-0.2, -0.15) is 0 Å². The summed E-state index contributed by atoms with van der Waals surface area (Å²) in [5.41, 5.74) is 1.05. The van der Waals surface area contributed by atoms with E-state index in [0.717, 1.165) is 11.3 Å². The molecule has 1 aromatic heterocycles. The number of ether oxygens (including phenoxy) is 2. The van der Waals surface area contributed by atoms with Gasteiger partial charge in [0.1, 0.15) is 5.76 Å². The number of methoxy groups -OCH3 is 1. The number of benzene rings is 1. The normalized spacial score (nSPS) is 10.3. The Balaban J connectivity index is 1.88. The van der Waals surface area contributed by atoms with Crippen LogP contribution in [0, 0.1) is 0 Å². The number of rotatable bonds is 9. The summed E-state index contributed by atoms with van der Waals surface area (Å²) < 4.78 is 16.1. The molecule has 0 fully saturated rings. The second-order valence-electron chi connectivity index (χ2n) is 4.91. The number of carbonyl (C=O) groups is 1. The second kappa shape index (κ2) is 8.85. The van der Waals surface area contributed by atoms with Crippen molar-refractivity contribution in [1.82, 2.24) is 10.6 Å². The van der Waals surface area contributed by atoms with Gasteiger partial charge in [-0.05, 0) is 36.8 Å². The molecule has 0 radical (unpaired) electrons. The van der Waals surface area contributed by atoms with Crippen LogP contribution in [0.2, 0.25) is 0 Å². The monoisotopic (exact) mass is 318 g/mol. The van der Waals surface area contributed by atoms with Gasteiger partial charge in [0.25, 0.3) is 5.91 Å². The van der Waals surface area contributed by atoms with E-state index in [0.29, 0.717) is 31.1 Å². The first-order valence-corrected chi connectivity index (χ1v) is 7.52. The first kappa shape index (κ1) is 16.9. The van der Waals surface area contributed by atoms with Gasteiger partial charge in [-0.3, -0.25) is 4.79 Å². The highest BCUT2D eigenvalue weighted by Gasteiger charge is 2.08. The summed E-state index contributed by atoms with van der Waals surface area (Å²) in [5.74, 6) is 1.89. The van der Waals surface area contributed by atoms with Crippen LogP contribution >= 0.6 is 0 Å². The average molecular weight is 318 g/mol. The summed E-state index contributed by atoms with van der Waals surface area (Å²) in [7, 11) is 1.58. The number of carbonyl (C=O) groups excluding carboxylic acids is 1. The Labute approximate surface area is 135 Å². The third-order valence-corrected chi connectivity index (χ3v) is 3.17. The van der Waals surface area contributed by atoms with Gasteiger partial charge in [-0.1, -0.05) is 6.07 Å². The maximum absolute atomic E-state index is 11.4. The predicted molar refractivity (Wildman–Crippen MR) is 86.4 cm³/mol. The molecule has 0 spiro atoms. The van der Waals surface area contributed by atoms with Gasteiger partial charge in [0.2, 0.25) is 0 Å². The van der Waals surface area contributed by atoms with Crippen LogP contribution in [-0.4, -0.2) is 26.2 Å². The Hall–Kier alpha value is -2.47. The summed E-state index contributed by atoms with van der Waals surface area (Å²) in [6.07, 6.45) is 1.65. The number of hydrogen-bond acceptors (Lipinski definition) is 5. The van der Waals surface area contributed by atoms with E-state index in [1.807, 2.05) is 37.3 Å². The molecule has 0 aliphatic rings. The molecular weight excluding hydrogens is 296 g/mol. The highest BCUT2D eigenvalue weighted by Crippen LogP contribution is 2.28. The van der Waals surface area contributed by atoms with Gasteiger partial charge in [0.05, 0.1) is 19.9 Å². The van der Waals surface area contributed by atoms with E-state index < -0.39 is 0 Å². The first-order chi connectivity index (χ1) is 11.2. The summed E-state index contributed by atoms with van der Waals surface area (Å²) in [4.78, 5) is 11.4. The molecule has 2 rings (SSSR count). The van der Waals surface area contributed by atoms with Crippen molar-refractivity contribution in [2.45, 2.75) is 20.0 Å². The molecule has 0 bridgehead atoms. The molecule has 0 unspecified atom stereocenters. The number of likely N-dealkylation sites (N-methyl/N-ethyl adjacent to an activating group) is 1. The predicted octanol–water partition coefficient (Wildman–Crippen LogP) is 2.09. The molecule has 1 aromatic carbocycles. The molecule has 0 aliphatic carbocycles. The molecule has 0 saturated heterocycles. The van der Waals surface area contributed by atoms with Gasteiger partial charge >= 0.3 is 0 Å². The Bertz CT molecular complexity index is 611. The third kappa shape index (κ3) is 5.34. The molecule has 2 aromatic rings. The van der Waals surface area contributed by atoms with Crippen molar-refractivity contribution in [2.24, 2.45) is 0 Å². The molecular formula is C17H22N2O4. The van der Waals surface area contributed by atoms with Crippen molar-refractivity contribution in [1.29, 1.82) is 0 Å². The lowest BCUT2D eigenvalue weighted by molar-refractivity contribution is -0.123. The van der Waals surface area contributed by atoms with Crippen LogP contribution in [0.15, 0.2) is 41.0 Å². The minimum absolute atomic E-state index is 0.0275. The number of hydrogen-bond donors (Lipinski definition) is 2. The zero-order valence-electron chi connectivity index (χ0n) is 13.4. The minimum Gasteiger partial charge on any atom is -0.493 e. The second-order valence-corrected chi connectivity index (χ2v) is 4.91. The molecule has 1 amide bonds. The Morgan fingerprint density at radius 3 is 2.78 bits per heavy atom. The maximum atomic E-state index is 11.4. The van der Waals surface area contributed by atoms with E-state index in [1.54, 1.807) is 13.4 Å². The van der Waals surface area contributed by atoms with Gasteiger partial charge in [-0.25, -0.2) is 0 Å². The van der Waals surface area contributed by atoms with Crippen LogP contribution in [0.25, 0.3) is 0 Å². The fraction of sp³-hybridized carbons (Fsp3) is 0.353. The van der Waals surface area contributed by atoms with Gasteiger partial charge in [-0.15, -0.1) is 0 Å². The Morgan fingerprint density at radius 2 is 2.09 bits per heavy atom. The lowest BCUT2D eigenvalue weighted by atomic mass is 10.2. The average Bonchev–Trinajstić information content (AvgIpc) is 3.07. The Morgan fingerprint density at radius 1 is 1.22 bits per heavy atom. The van der Waals surface area contributed by atoms with Crippen molar-refractivity contribution in [3.63, 3.8) is 0 Å². The van der Waals surface area contributed by atoms with Crippen LogP contribution < -0.4 is 20.1 Å². The number of furan rings is 1. The van der Waals surface area contributed by atoms with E-state index >= 15 is 0 Å². The number of amides is 1. The molecule has 0 saturated carbocycles. The van der Waals surface area contributed by atoms with Crippen LogP contribution in [0.5, 0.6) is 11.5 Å². The lowest BCUT2D eigenvalue weighted by Gasteiger charge is -2.12. The largest absolute Gasteiger partial charge is 0.493 e. The van der Waals surface area contributed by atoms with Gasteiger partial charge < -0.3 is 24.5 Å². The highest BCUT2D eigenvalue weighted by molar-refractivity contribution is 5.77. The van der Waals surface area contributed by atoms with E-state index in [1.165, 1.54) is 0 Å². The van der Waals surface area contributed by atoms with Gasteiger partial charge in [0, 0.05) is 13.1 Å². The van der Waals surface area contributed by atoms with Crippen LogP contribution in [0.4, 0.5) is 0 Å².